The Bertz CT molecular complexity index is 613. The quantitative estimate of drug-likeness (QED) is 0.767. The fourth-order valence-electron chi connectivity index (χ4n) is 2.35. The van der Waals surface area contributed by atoms with Gasteiger partial charge in [0.2, 0.25) is 5.91 Å². The van der Waals surface area contributed by atoms with E-state index in [9.17, 15) is 9.59 Å². The number of hydrogen-bond acceptors (Lipinski definition) is 4. The zero-order valence-corrected chi connectivity index (χ0v) is 15.1. The number of ether oxygens (including phenoxy) is 1. The fraction of sp³-hybridized carbons (Fsp3) is 0.500. The molecule has 6 nitrogen and oxygen atoms in total. The Labute approximate surface area is 144 Å². The third-order valence-corrected chi connectivity index (χ3v) is 3.98. The topological polar surface area (TPSA) is 84.7 Å². The van der Waals surface area contributed by atoms with Crippen LogP contribution in [0.25, 0.3) is 0 Å². The van der Waals surface area contributed by atoms with Crippen molar-refractivity contribution in [2.75, 3.05) is 24.1 Å². The Morgan fingerprint density at radius 2 is 2.09 bits per heavy atom. The highest BCUT2D eigenvalue weighted by molar-refractivity contribution is 9.10. The van der Waals surface area contributed by atoms with E-state index in [0.717, 1.165) is 4.47 Å². The van der Waals surface area contributed by atoms with E-state index in [1.165, 1.54) is 0 Å². The number of hydrogen-bond donors (Lipinski definition) is 2. The fourth-order valence-corrected chi connectivity index (χ4v) is 2.73. The first-order valence-corrected chi connectivity index (χ1v) is 8.29. The van der Waals surface area contributed by atoms with Gasteiger partial charge in [0, 0.05) is 17.6 Å². The number of nitrogens with zero attached hydrogens (tertiary/aromatic N) is 1. The summed E-state index contributed by atoms with van der Waals surface area (Å²) in [7, 11) is 0. The van der Waals surface area contributed by atoms with E-state index in [2.05, 4.69) is 21.2 Å². The average molecular weight is 384 g/mol. The number of halogens is 1. The first kappa shape index (κ1) is 17.6. The molecule has 0 radical (unpaired) electrons. The van der Waals surface area contributed by atoms with Crippen molar-refractivity contribution >= 4 is 39.3 Å². The minimum absolute atomic E-state index is 0.134. The maximum atomic E-state index is 12.3. The van der Waals surface area contributed by atoms with Crippen LogP contribution in [0.2, 0.25) is 0 Å². The summed E-state index contributed by atoms with van der Waals surface area (Å²) in [6, 6.07) is 5.29. The van der Waals surface area contributed by atoms with Gasteiger partial charge < -0.3 is 20.7 Å². The lowest BCUT2D eigenvalue weighted by atomic mass is 10.1. The third-order valence-electron chi connectivity index (χ3n) is 3.48. The molecule has 1 aliphatic rings. The minimum Gasteiger partial charge on any atom is -0.444 e. The summed E-state index contributed by atoms with van der Waals surface area (Å²) < 4.78 is 6.18. The predicted molar refractivity (Wildman–Crippen MR) is 93.1 cm³/mol. The molecule has 1 unspecified atom stereocenters. The second-order valence-electron chi connectivity index (χ2n) is 6.63. The van der Waals surface area contributed by atoms with Gasteiger partial charge in [-0.2, -0.15) is 0 Å². The van der Waals surface area contributed by atoms with Crippen molar-refractivity contribution in [1.29, 1.82) is 0 Å². The van der Waals surface area contributed by atoms with Gasteiger partial charge in [-0.25, -0.2) is 4.79 Å². The molecular weight excluding hydrogens is 362 g/mol. The van der Waals surface area contributed by atoms with Crippen LogP contribution in [-0.4, -0.2) is 35.6 Å². The second-order valence-corrected chi connectivity index (χ2v) is 7.55. The SMILES string of the molecule is CC(C)(C)OC(=O)N1CCC(C(=O)Nc2ccc(Br)cc2N)C1. The Morgan fingerprint density at radius 3 is 2.70 bits per heavy atom. The Hall–Kier alpha value is -1.76. The molecule has 1 fully saturated rings. The molecule has 2 rings (SSSR count). The lowest BCUT2D eigenvalue weighted by Crippen LogP contribution is -2.36. The molecule has 1 saturated heterocycles. The molecule has 0 bridgehead atoms. The molecule has 7 heteroatoms. The molecule has 1 aromatic rings. The van der Waals surface area contributed by atoms with Crippen LogP contribution in [0.5, 0.6) is 0 Å². The van der Waals surface area contributed by atoms with Crippen LogP contribution in [0, 0.1) is 5.92 Å². The largest absolute Gasteiger partial charge is 0.444 e. The molecular formula is C16H22BrN3O3. The molecule has 1 heterocycles. The molecule has 1 atom stereocenters. The molecule has 126 valence electrons. The number of carbonyl (C=O) groups is 2. The summed E-state index contributed by atoms with van der Waals surface area (Å²) >= 11 is 3.33. The average Bonchev–Trinajstić information content (AvgIpc) is 2.90. The van der Waals surface area contributed by atoms with Crippen molar-refractivity contribution in [3.63, 3.8) is 0 Å². The van der Waals surface area contributed by atoms with Gasteiger partial charge in [0.25, 0.3) is 0 Å². The van der Waals surface area contributed by atoms with Crippen LogP contribution in [0.3, 0.4) is 0 Å². The van der Waals surface area contributed by atoms with Gasteiger partial charge in [0.05, 0.1) is 17.3 Å². The zero-order valence-electron chi connectivity index (χ0n) is 13.6. The van der Waals surface area contributed by atoms with Gasteiger partial charge in [-0.1, -0.05) is 15.9 Å². The minimum atomic E-state index is -0.538. The standard InChI is InChI=1S/C16H22BrN3O3/c1-16(2,3)23-15(22)20-7-6-10(9-20)14(21)19-13-5-4-11(17)8-12(13)18/h4-5,8,10H,6-7,9,18H2,1-3H3,(H,19,21). The van der Waals surface area contributed by atoms with E-state index in [4.69, 9.17) is 10.5 Å². The lowest BCUT2D eigenvalue weighted by molar-refractivity contribution is -0.119. The van der Waals surface area contributed by atoms with Crippen molar-refractivity contribution < 1.29 is 14.3 Å². The van der Waals surface area contributed by atoms with Crippen LogP contribution in [-0.2, 0) is 9.53 Å². The summed E-state index contributed by atoms with van der Waals surface area (Å²) in [4.78, 5) is 25.9. The van der Waals surface area contributed by atoms with Crippen molar-refractivity contribution in [1.82, 2.24) is 4.90 Å². The molecule has 0 aromatic heterocycles. The van der Waals surface area contributed by atoms with E-state index in [0.29, 0.717) is 30.9 Å². The van der Waals surface area contributed by atoms with E-state index < -0.39 is 5.60 Å². The zero-order chi connectivity index (χ0) is 17.2. The van der Waals surface area contributed by atoms with E-state index in [1.54, 1.807) is 17.0 Å². The molecule has 0 saturated carbocycles. The number of nitrogens with two attached hydrogens (primary N) is 1. The number of amides is 2. The summed E-state index contributed by atoms with van der Waals surface area (Å²) in [5, 5.41) is 2.82. The highest BCUT2D eigenvalue weighted by Gasteiger charge is 2.33. The van der Waals surface area contributed by atoms with Crippen LogP contribution in [0.15, 0.2) is 22.7 Å². The molecule has 23 heavy (non-hydrogen) atoms. The van der Waals surface area contributed by atoms with Gasteiger partial charge in [0.15, 0.2) is 0 Å². The van der Waals surface area contributed by atoms with Crippen molar-refractivity contribution in [3.05, 3.63) is 22.7 Å². The summed E-state index contributed by atoms with van der Waals surface area (Å²) in [5.41, 5.74) is 6.42. The predicted octanol–water partition coefficient (Wildman–Crippen LogP) is 3.23. The Morgan fingerprint density at radius 1 is 1.39 bits per heavy atom. The number of benzene rings is 1. The third kappa shape index (κ3) is 4.86. The summed E-state index contributed by atoms with van der Waals surface area (Å²) in [6.07, 6.45) is 0.234. The smallest absolute Gasteiger partial charge is 0.410 e. The number of anilines is 2. The van der Waals surface area contributed by atoms with Gasteiger partial charge in [-0.3, -0.25) is 4.79 Å². The van der Waals surface area contributed by atoms with Gasteiger partial charge >= 0.3 is 6.09 Å². The molecule has 1 aliphatic heterocycles. The number of rotatable bonds is 2. The number of likely N-dealkylation sites (tertiary alicyclic amines) is 1. The lowest BCUT2D eigenvalue weighted by Gasteiger charge is -2.24. The monoisotopic (exact) mass is 383 g/mol. The first-order chi connectivity index (χ1) is 10.7. The van der Waals surface area contributed by atoms with Crippen molar-refractivity contribution in [2.24, 2.45) is 5.92 Å². The Balaban J connectivity index is 1.93. The number of nitrogen functional groups attached to an aromatic ring is 1. The highest BCUT2D eigenvalue weighted by Crippen LogP contribution is 2.25. The molecule has 0 aliphatic carbocycles. The van der Waals surface area contributed by atoms with Crippen LogP contribution < -0.4 is 11.1 Å². The normalized spacial score (nSPS) is 17.9. The van der Waals surface area contributed by atoms with Gasteiger partial charge in [0.1, 0.15) is 5.60 Å². The van der Waals surface area contributed by atoms with Crippen molar-refractivity contribution in [3.8, 4) is 0 Å². The molecule has 3 N–H and O–H groups in total. The van der Waals surface area contributed by atoms with Crippen LogP contribution in [0.4, 0.5) is 16.2 Å². The first-order valence-electron chi connectivity index (χ1n) is 7.49. The summed E-state index contributed by atoms with van der Waals surface area (Å²) in [5.74, 6) is -0.393. The summed E-state index contributed by atoms with van der Waals surface area (Å²) in [6.45, 7) is 6.34. The maximum Gasteiger partial charge on any atom is 0.410 e. The number of carbonyl (C=O) groups excluding carboxylic acids is 2. The maximum absolute atomic E-state index is 12.3. The van der Waals surface area contributed by atoms with Crippen LogP contribution in [0.1, 0.15) is 27.2 Å². The number of nitrogens with one attached hydrogen (secondary N) is 1. The molecule has 1 aromatic carbocycles. The molecule has 2 amide bonds. The van der Waals surface area contributed by atoms with E-state index in [1.807, 2.05) is 26.8 Å². The van der Waals surface area contributed by atoms with Crippen LogP contribution >= 0.6 is 15.9 Å². The molecule has 0 spiro atoms. The Kier molecular flexibility index (Phi) is 5.19. The van der Waals surface area contributed by atoms with Gasteiger partial charge in [-0.05, 0) is 45.4 Å². The van der Waals surface area contributed by atoms with E-state index in [-0.39, 0.29) is 17.9 Å². The van der Waals surface area contributed by atoms with E-state index >= 15 is 0 Å². The second kappa shape index (κ2) is 6.78. The van der Waals surface area contributed by atoms with Gasteiger partial charge in [-0.15, -0.1) is 0 Å². The highest BCUT2D eigenvalue weighted by atomic mass is 79.9. The van der Waals surface area contributed by atoms with Crippen molar-refractivity contribution in [2.45, 2.75) is 32.8 Å².